The van der Waals surface area contributed by atoms with Crippen LogP contribution in [0.1, 0.15) is 33.1 Å². The third-order valence-corrected chi connectivity index (χ3v) is 7.50. The van der Waals surface area contributed by atoms with Gasteiger partial charge in [-0.2, -0.15) is 0 Å². The Bertz CT molecular complexity index is 530. The zero-order chi connectivity index (χ0) is 16.4. The summed E-state index contributed by atoms with van der Waals surface area (Å²) in [5, 5.41) is 3.44. The lowest BCUT2D eigenvalue weighted by Crippen LogP contribution is -2.57. The van der Waals surface area contributed by atoms with Crippen LogP contribution in [0.25, 0.3) is 0 Å². The minimum absolute atomic E-state index is 0. The van der Waals surface area contributed by atoms with Crippen molar-refractivity contribution >= 4 is 39.8 Å². The van der Waals surface area contributed by atoms with Crippen LogP contribution < -0.4 is 5.32 Å². The highest BCUT2D eigenvalue weighted by atomic mass is 127. The number of sulfone groups is 1. The number of hydrogen-bond acceptors (Lipinski definition) is 4. The first-order chi connectivity index (χ1) is 10.3. The average Bonchev–Trinajstić information content (AvgIpc) is 3.21. The Balaban J connectivity index is 0.00000264. The quantitative estimate of drug-likeness (QED) is 0.384. The molecule has 23 heavy (non-hydrogen) atoms. The average molecular weight is 459 g/mol. The Kier molecular flexibility index (Phi) is 7.16. The SMILES string of the molecule is CN=C(NCC1(CCOC)CC1)N1CCS(=O)(=O)C(C)(C)C1.I. The molecular weight excluding hydrogens is 429 g/mol. The zero-order valence-corrected chi connectivity index (χ0v) is 17.7. The highest BCUT2D eigenvalue weighted by molar-refractivity contribution is 14.0. The van der Waals surface area contributed by atoms with Gasteiger partial charge in [-0.1, -0.05) is 0 Å². The van der Waals surface area contributed by atoms with E-state index in [1.165, 1.54) is 12.8 Å². The summed E-state index contributed by atoms with van der Waals surface area (Å²) >= 11 is 0. The Morgan fingerprint density at radius 2 is 2.00 bits per heavy atom. The zero-order valence-electron chi connectivity index (χ0n) is 14.6. The van der Waals surface area contributed by atoms with Gasteiger partial charge >= 0.3 is 0 Å². The molecule has 0 amide bonds. The van der Waals surface area contributed by atoms with Crippen LogP contribution in [0.3, 0.4) is 0 Å². The van der Waals surface area contributed by atoms with Crippen LogP contribution >= 0.6 is 24.0 Å². The van der Waals surface area contributed by atoms with Gasteiger partial charge < -0.3 is 15.0 Å². The molecule has 1 N–H and O–H groups in total. The third kappa shape index (κ3) is 4.94. The van der Waals surface area contributed by atoms with Crippen molar-refractivity contribution in [2.75, 3.05) is 46.2 Å². The van der Waals surface area contributed by atoms with Crippen LogP contribution in [0.5, 0.6) is 0 Å². The van der Waals surface area contributed by atoms with Gasteiger partial charge in [-0.25, -0.2) is 8.42 Å². The van der Waals surface area contributed by atoms with Crippen LogP contribution in [-0.2, 0) is 14.6 Å². The first kappa shape index (κ1) is 21.0. The van der Waals surface area contributed by atoms with Crippen LogP contribution in [0, 0.1) is 5.41 Å². The minimum atomic E-state index is -3.02. The molecule has 1 saturated carbocycles. The van der Waals surface area contributed by atoms with E-state index < -0.39 is 14.6 Å². The molecule has 1 saturated heterocycles. The number of nitrogens with zero attached hydrogens (tertiary/aromatic N) is 2. The van der Waals surface area contributed by atoms with Gasteiger partial charge in [0.25, 0.3) is 0 Å². The molecule has 0 aromatic carbocycles. The summed E-state index contributed by atoms with van der Waals surface area (Å²) in [6.07, 6.45) is 3.51. The first-order valence-corrected chi connectivity index (χ1v) is 9.57. The highest BCUT2D eigenvalue weighted by Crippen LogP contribution is 2.48. The molecule has 1 aliphatic heterocycles. The molecule has 0 bridgehead atoms. The van der Waals surface area contributed by atoms with Crippen LogP contribution in [0.15, 0.2) is 4.99 Å². The third-order valence-electron chi connectivity index (χ3n) is 4.97. The monoisotopic (exact) mass is 459 g/mol. The number of hydrogen-bond donors (Lipinski definition) is 1. The molecule has 0 aromatic heterocycles. The fourth-order valence-corrected chi connectivity index (χ4v) is 4.30. The van der Waals surface area contributed by atoms with Crippen LogP contribution in [0.2, 0.25) is 0 Å². The van der Waals surface area contributed by atoms with Crippen molar-refractivity contribution in [1.82, 2.24) is 10.2 Å². The Morgan fingerprint density at radius 1 is 1.35 bits per heavy atom. The maximum Gasteiger partial charge on any atom is 0.193 e. The van der Waals surface area contributed by atoms with E-state index >= 15 is 0 Å². The molecule has 0 radical (unpaired) electrons. The Hall–Kier alpha value is -0.0900. The molecule has 1 aliphatic carbocycles. The molecular formula is C15H30IN3O3S. The van der Waals surface area contributed by atoms with Crippen molar-refractivity contribution in [2.24, 2.45) is 10.4 Å². The molecule has 0 aromatic rings. The van der Waals surface area contributed by atoms with E-state index in [4.69, 9.17) is 4.74 Å². The normalized spacial score (nSPS) is 24.7. The van der Waals surface area contributed by atoms with Gasteiger partial charge in [-0.3, -0.25) is 4.99 Å². The molecule has 6 nitrogen and oxygen atoms in total. The van der Waals surface area contributed by atoms with Crippen molar-refractivity contribution in [2.45, 2.75) is 37.9 Å². The van der Waals surface area contributed by atoms with Gasteiger partial charge in [-0.15, -0.1) is 24.0 Å². The van der Waals surface area contributed by atoms with E-state index in [9.17, 15) is 8.42 Å². The van der Waals surface area contributed by atoms with E-state index in [1.54, 1.807) is 28.0 Å². The lowest BCUT2D eigenvalue weighted by Gasteiger charge is -2.39. The number of aliphatic imine (C=N–C) groups is 1. The second kappa shape index (κ2) is 7.86. The molecule has 8 heteroatoms. The molecule has 136 valence electrons. The molecule has 2 rings (SSSR count). The van der Waals surface area contributed by atoms with E-state index in [0.29, 0.717) is 18.5 Å². The lowest BCUT2D eigenvalue weighted by atomic mass is 10.0. The predicted octanol–water partition coefficient (Wildman–Crippen LogP) is 1.51. The maximum atomic E-state index is 12.1. The fourth-order valence-electron chi connectivity index (χ4n) is 2.93. The number of ether oxygens (including phenoxy) is 1. The topological polar surface area (TPSA) is 71.0 Å². The predicted molar refractivity (Wildman–Crippen MR) is 104 cm³/mol. The van der Waals surface area contributed by atoms with Crippen molar-refractivity contribution in [1.29, 1.82) is 0 Å². The van der Waals surface area contributed by atoms with Gasteiger partial charge in [0.2, 0.25) is 0 Å². The smallest absolute Gasteiger partial charge is 0.193 e. The standard InChI is InChI=1S/C15H29N3O3S.HI/c1-14(2)12-18(8-10-22(14,19)20)13(16-3)17-11-15(5-6-15)7-9-21-4;/h5-12H2,1-4H3,(H,16,17);1H. The Labute approximate surface area is 157 Å². The van der Waals surface area contributed by atoms with E-state index in [-0.39, 0.29) is 29.7 Å². The summed E-state index contributed by atoms with van der Waals surface area (Å²) in [7, 11) is 0.472. The maximum absolute atomic E-state index is 12.1. The number of halogens is 1. The molecule has 2 aliphatic rings. The fraction of sp³-hybridized carbons (Fsp3) is 0.933. The molecule has 0 unspecified atom stereocenters. The molecule has 1 heterocycles. The Morgan fingerprint density at radius 3 is 2.48 bits per heavy atom. The van der Waals surface area contributed by atoms with Gasteiger partial charge in [-0.05, 0) is 38.5 Å². The summed E-state index contributed by atoms with van der Waals surface area (Å²) in [5.41, 5.74) is 0.337. The van der Waals surface area contributed by atoms with Gasteiger partial charge in [0.05, 0.1) is 10.5 Å². The minimum Gasteiger partial charge on any atom is -0.385 e. The molecule has 2 fully saturated rings. The molecule has 0 spiro atoms. The summed E-state index contributed by atoms with van der Waals surface area (Å²) < 4.78 is 28.7. The highest BCUT2D eigenvalue weighted by Gasteiger charge is 2.44. The van der Waals surface area contributed by atoms with Crippen molar-refractivity contribution in [3.05, 3.63) is 0 Å². The van der Waals surface area contributed by atoms with Crippen LogP contribution in [-0.4, -0.2) is 70.2 Å². The summed E-state index contributed by atoms with van der Waals surface area (Å²) in [6, 6.07) is 0. The van der Waals surface area contributed by atoms with E-state index in [1.807, 2.05) is 0 Å². The summed E-state index contributed by atoms with van der Waals surface area (Å²) in [6.45, 7) is 6.25. The van der Waals surface area contributed by atoms with Gasteiger partial charge in [0.15, 0.2) is 15.8 Å². The van der Waals surface area contributed by atoms with Crippen molar-refractivity contribution in [3.63, 3.8) is 0 Å². The van der Waals surface area contributed by atoms with Gasteiger partial charge in [0, 0.05) is 40.4 Å². The van der Waals surface area contributed by atoms with E-state index in [2.05, 4.69) is 15.2 Å². The van der Waals surface area contributed by atoms with Crippen molar-refractivity contribution in [3.8, 4) is 0 Å². The molecule has 0 atom stereocenters. The number of rotatable bonds is 5. The summed E-state index contributed by atoms with van der Waals surface area (Å²) in [4.78, 5) is 6.40. The number of guanidine groups is 1. The van der Waals surface area contributed by atoms with Crippen LogP contribution in [0.4, 0.5) is 0 Å². The second-order valence-electron chi connectivity index (χ2n) is 7.14. The summed E-state index contributed by atoms with van der Waals surface area (Å²) in [5.74, 6) is 1.00. The largest absolute Gasteiger partial charge is 0.385 e. The first-order valence-electron chi connectivity index (χ1n) is 7.92. The van der Waals surface area contributed by atoms with Crippen molar-refractivity contribution < 1.29 is 13.2 Å². The van der Waals surface area contributed by atoms with Gasteiger partial charge in [0.1, 0.15) is 0 Å². The van der Waals surface area contributed by atoms with E-state index in [0.717, 1.165) is 25.5 Å². The lowest BCUT2D eigenvalue weighted by molar-refractivity contribution is 0.172. The second-order valence-corrected chi connectivity index (χ2v) is 9.89. The number of methoxy groups -OCH3 is 1. The number of nitrogens with one attached hydrogen (secondary N) is 1.